The minimum atomic E-state index is -0.975. The van der Waals surface area contributed by atoms with Crippen molar-refractivity contribution in [2.24, 2.45) is 5.92 Å². The quantitative estimate of drug-likeness (QED) is 0.913. The second-order valence-electron chi connectivity index (χ2n) is 6.15. The Labute approximate surface area is 129 Å². The van der Waals surface area contributed by atoms with Gasteiger partial charge in [-0.1, -0.05) is 13.8 Å². The van der Waals surface area contributed by atoms with Gasteiger partial charge in [0.05, 0.1) is 22.4 Å². The Morgan fingerprint density at radius 3 is 2.73 bits per heavy atom. The summed E-state index contributed by atoms with van der Waals surface area (Å²) in [6, 6.07) is 5.97. The molecule has 0 saturated heterocycles. The van der Waals surface area contributed by atoms with Crippen molar-refractivity contribution in [3.63, 3.8) is 0 Å². The van der Waals surface area contributed by atoms with Gasteiger partial charge in [0.15, 0.2) is 0 Å². The van der Waals surface area contributed by atoms with Gasteiger partial charge >= 0.3 is 0 Å². The van der Waals surface area contributed by atoms with Crippen LogP contribution in [0.1, 0.15) is 36.8 Å². The highest BCUT2D eigenvalue weighted by atomic mass is 19.1. The van der Waals surface area contributed by atoms with Gasteiger partial charge < -0.3 is 10.4 Å². The maximum absolute atomic E-state index is 13.2. The topological polar surface area (TPSA) is 62.2 Å². The molecule has 0 saturated carbocycles. The zero-order valence-corrected chi connectivity index (χ0v) is 13.3. The predicted molar refractivity (Wildman–Crippen MR) is 84.2 cm³/mol. The average molecular weight is 304 g/mol. The Kier molecular flexibility index (Phi) is 4.47. The number of amides is 1. The molecule has 0 bridgehead atoms. The van der Waals surface area contributed by atoms with E-state index in [0.29, 0.717) is 22.2 Å². The molecular formula is C17H21FN2O2. The molecule has 2 N–H and O–H groups in total. The number of hydrogen-bond donors (Lipinski definition) is 2. The molecule has 1 heterocycles. The molecule has 118 valence electrons. The molecule has 0 radical (unpaired) electrons. The van der Waals surface area contributed by atoms with Gasteiger partial charge in [-0.05, 0) is 38.0 Å². The Hall–Kier alpha value is -2.01. The van der Waals surface area contributed by atoms with E-state index in [9.17, 15) is 14.3 Å². The third kappa shape index (κ3) is 3.42. The lowest BCUT2D eigenvalue weighted by molar-refractivity contribution is 0.0142. The SMILES string of the molecule is Cc1nc2cc(F)ccc2cc1C(=O)NCC(C)(O)C(C)C. The number of carbonyl (C=O) groups excluding carboxylic acids is 1. The second kappa shape index (κ2) is 6.01. The maximum Gasteiger partial charge on any atom is 0.253 e. The molecular weight excluding hydrogens is 283 g/mol. The Balaban J connectivity index is 2.25. The highest BCUT2D eigenvalue weighted by Crippen LogP contribution is 2.19. The minimum Gasteiger partial charge on any atom is -0.388 e. The summed E-state index contributed by atoms with van der Waals surface area (Å²) in [4.78, 5) is 16.6. The molecule has 2 aromatic rings. The minimum absolute atomic E-state index is 0.0200. The van der Waals surface area contributed by atoms with Gasteiger partial charge in [-0.2, -0.15) is 0 Å². The van der Waals surface area contributed by atoms with Gasteiger partial charge in [-0.25, -0.2) is 4.39 Å². The van der Waals surface area contributed by atoms with E-state index in [1.54, 1.807) is 26.0 Å². The predicted octanol–water partition coefficient (Wildman–Crippen LogP) is 2.82. The summed E-state index contributed by atoms with van der Waals surface area (Å²) in [5.41, 5.74) is 0.499. The van der Waals surface area contributed by atoms with Crippen molar-refractivity contribution in [1.82, 2.24) is 10.3 Å². The standard InChI is InChI=1S/C17H21FN2O2/c1-10(2)17(4,22)9-19-16(21)14-7-12-5-6-13(18)8-15(12)20-11(14)3/h5-8,10,22H,9H2,1-4H3,(H,19,21). The second-order valence-corrected chi connectivity index (χ2v) is 6.15. The van der Waals surface area contributed by atoms with Gasteiger partial charge in [0.2, 0.25) is 0 Å². The van der Waals surface area contributed by atoms with Crippen LogP contribution in [-0.4, -0.2) is 28.1 Å². The summed E-state index contributed by atoms with van der Waals surface area (Å²) in [5, 5.41) is 13.6. The molecule has 1 unspecified atom stereocenters. The van der Waals surface area contributed by atoms with E-state index in [1.165, 1.54) is 12.1 Å². The lowest BCUT2D eigenvalue weighted by Gasteiger charge is -2.27. The lowest BCUT2D eigenvalue weighted by Crippen LogP contribution is -2.44. The van der Waals surface area contributed by atoms with Gasteiger partial charge in [-0.15, -0.1) is 0 Å². The van der Waals surface area contributed by atoms with Crippen LogP contribution in [0.4, 0.5) is 4.39 Å². The number of pyridine rings is 1. The molecule has 0 aliphatic heterocycles. The summed E-state index contributed by atoms with van der Waals surface area (Å²) in [6.45, 7) is 7.34. The van der Waals surface area contributed by atoms with Crippen molar-refractivity contribution in [2.45, 2.75) is 33.3 Å². The molecule has 5 heteroatoms. The zero-order valence-electron chi connectivity index (χ0n) is 13.3. The van der Waals surface area contributed by atoms with E-state index in [2.05, 4.69) is 10.3 Å². The van der Waals surface area contributed by atoms with Crippen molar-refractivity contribution < 1.29 is 14.3 Å². The first-order valence-corrected chi connectivity index (χ1v) is 7.28. The van der Waals surface area contributed by atoms with Crippen LogP contribution in [0.2, 0.25) is 0 Å². The van der Waals surface area contributed by atoms with Crippen LogP contribution in [0.5, 0.6) is 0 Å². The van der Waals surface area contributed by atoms with Crippen molar-refractivity contribution in [1.29, 1.82) is 0 Å². The van der Waals surface area contributed by atoms with E-state index in [-0.39, 0.29) is 24.2 Å². The van der Waals surface area contributed by atoms with E-state index in [0.717, 1.165) is 0 Å². The molecule has 2 rings (SSSR count). The number of aromatic nitrogens is 1. The number of nitrogens with one attached hydrogen (secondary N) is 1. The van der Waals surface area contributed by atoms with Crippen LogP contribution in [0, 0.1) is 18.7 Å². The van der Waals surface area contributed by atoms with Crippen LogP contribution in [-0.2, 0) is 0 Å². The van der Waals surface area contributed by atoms with E-state index < -0.39 is 5.60 Å². The fourth-order valence-electron chi connectivity index (χ4n) is 2.02. The number of aliphatic hydroxyl groups is 1. The first-order chi connectivity index (χ1) is 10.2. The molecule has 0 spiro atoms. The number of aryl methyl sites for hydroxylation is 1. The summed E-state index contributed by atoms with van der Waals surface area (Å²) in [7, 11) is 0. The molecule has 4 nitrogen and oxygen atoms in total. The molecule has 0 fully saturated rings. The smallest absolute Gasteiger partial charge is 0.253 e. The highest BCUT2D eigenvalue weighted by molar-refractivity contribution is 5.98. The Morgan fingerprint density at radius 2 is 2.09 bits per heavy atom. The Bertz CT molecular complexity index is 711. The number of fused-ring (bicyclic) bond motifs is 1. The number of hydrogen-bond acceptors (Lipinski definition) is 3. The molecule has 1 amide bonds. The van der Waals surface area contributed by atoms with Crippen LogP contribution < -0.4 is 5.32 Å². The molecule has 22 heavy (non-hydrogen) atoms. The van der Waals surface area contributed by atoms with Crippen molar-refractivity contribution >= 4 is 16.8 Å². The number of rotatable bonds is 4. The van der Waals surface area contributed by atoms with Crippen LogP contribution in [0.3, 0.4) is 0 Å². The molecule has 0 aliphatic rings. The van der Waals surface area contributed by atoms with Crippen LogP contribution in [0.15, 0.2) is 24.3 Å². The largest absolute Gasteiger partial charge is 0.388 e. The number of carbonyl (C=O) groups is 1. The number of nitrogens with zero attached hydrogens (tertiary/aromatic N) is 1. The van der Waals surface area contributed by atoms with E-state index in [4.69, 9.17) is 0 Å². The Morgan fingerprint density at radius 1 is 1.41 bits per heavy atom. The summed E-state index contributed by atoms with van der Waals surface area (Å²) in [5.74, 6) is -0.631. The van der Waals surface area contributed by atoms with Crippen LogP contribution >= 0.6 is 0 Å². The number of halogens is 1. The number of benzene rings is 1. The summed E-state index contributed by atoms with van der Waals surface area (Å²) >= 11 is 0. The molecule has 0 aliphatic carbocycles. The maximum atomic E-state index is 13.2. The normalized spacial score (nSPS) is 14.1. The summed E-state index contributed by atoms with van der Waals surface area (Å²) in [6.07, 6.45) is 0. The first kappa shape index (κ1) is 16.4. The third-order valence-electron chi connectivity index (χ3n) is 4.07. The molecule has 1 aromatic carbocycles. The molecule has 1 aromatic heterocycles. The first-order valence-electron chi connectivity index (χ1n) is 7.28. The van der Waals surface area contributed by atoms with Gasteiger partial charge in [0, 0.05) is 18.0 Å². The molecule has 1 atom stereocenters. The van der Waals surface area contributed by atoms with Crippen molar-refractivity contribution in [3.8, 4) is 0 Å². The highest BCUT2D eigenvalue weighted by Gasteiger charge is 2.26. The monoisotopic (exact) mass is 304 g/mol. The summed E-state index contributed by atoms with van der Waals surface area (Å²) < 4.78 is 13.2. The van der Waals surface area contributed by atoms with Gasteiger partial charge in [-0.3, -0.25) is 9.78 Å². The van der Waals surface area contributed by atoms with E-state index >= 15 is 0 Å². The van der Waals surface area contributed by atoms with Crippen molar-refractivity contribution in [2.75, 3.05) is 6.54 Å². The third-order valence-corrected chi connectivity index (χ3v) is 4.07. The van der Waals surface area contributed by atoms with Crippen molar-refractivity contribution in [3.05, 3.63) is 41.3 Å². The lowest BCUT2D eigenvalue weighted by atomic mass is 9.92. The fourth-order valence-corrected chi connectivity index (χ4v) is 2.02. The fraction of sp³-hybridized carbons (Fsp3) is 0.412. The average Bonchev–Trinajstić information content (AvgIpc) is 2.43. The van der Waals surface area contributed by atoms with Gasteiger partial charge in [0.1, 0.15) is 5.82 Å². The van der Waals surface area contributed by atoms with Gasteiger partial charge in [0.25, 0.3) is 5.91 Å². The van der Waals surface area contributed by atoms with Crippen LogP contribution in [0.25, 0.3) is 10.9 Å². The zero-order chi connectivity index (χ0) is 16.5. The van der Waals surface area contributed by atoms with E-state index in [1.807, 2.05) is 13.8 Å².